The Balaban J connectivity index is 2.52. The first-order valence-corrected chi connectivity index (χ1v) is 8.72. The summed E-state index contributed by atoms with van der Waals surface area (Å²) in [6.45, 7) is 3.45. The first kappa shape index (κ1) is 17.9. The molecule has 0 heterocycles. The van der Waals surface area contributed by atoms with Crippen LogP contribution in [0.1, 0.15) is 17.5 Å². The van der Waals surface area contributed by atoms with Gasteiger partial charge in [-0.1, -0.05) is 6.07 Å². The van der Waals surface area contributed by atoms with E-state index in [4.69, 9.17) is 5.11 Å². The van der Waals surface area contributed by atoms with Gasteiger partial charge < -0.3 is 5.11 Å². The molecule has 0 amide bonds. The number of carbonyl (C=O) groups is 1. The molecule has 0 fully saturated rings. The van der Waals surface area contributed by atoms with Gasteiger partial charge in [0.1, 0.15) is 5.82 Å². The lowest BCUT2D eigenvalue weighted by molar-refractivity contribution is -0.136. The number of carboxylic acid groups (broad SMARTS) is 1. The van der Waals surface area contributed by atoms with Gasteiger partial charge in [0.15, 0.2) is 0 Å². The molecule has 0 atom stereocenters. The highest BCUT2D eigenvalue weighted by Crippen LogP contribution is 2.26. The maximum absolute atomic E-state index is 13.1. The molecular weight excluding hydrogens is 333 g/mol. The molecule has 0 aliphatic carbocycles. The monoisotopic (exact) mass is 351 g/mol. The number of rotatable bonds is 6. The maximum Gasteiger partial charge on any atom is 0.305 e. The molecule has 0 aliphatic heterocycles. The van der Waals surface area contributed by atoms with Crippen molar-refractivity contribution in [3.63, 3.8) is 0 Å². The fraction of sp³-hybridized carbons (Fsp3) is 0.235. The molecule has 7 heteroatoms. The first-order chi connectivity index (χ1) is 11.2. The van der Waals surface area contributed by atoms with Gasteiger partial charge in [-0.3, -0.25) is 9.10 Å². The van der Waals surface area contributed by atoms with Crippen molar-refractivity contribution in [2.24, 2.45) is 0 Å². The Kier molecular flexibility index (Phi) is 5.23. The largest absolute Gasteiger partial charge is 0.481 e. The predicted octanol–water partition coefficient (Wildman–Crippen LogP) is 3.11. The van der Waals surface area contributed by atoms with Crippen molar-refractivity contribution in [1.29, 1.82) is 0 Å². The van der Waals surface area contributed by atoms with Crippen LogP contribution in [-0.4, -0.2) is 26.0 Å². The number of halogens is 1. The molecule has 0 spiro atoms. The lowest BCUT2D eigenvalue weighted by atomic mass is 10.1. The number of aryl methyl sites for hydroxylation is 2. The summed E-state index contributed by atoms with van der Waals surface area (Å²) in [4.78, 5) is 10.8. The van der Waals surface area contributed by atoms with Crippen molar-refractivity contribution in [2.75, 3.05) is 10.8 Å². The third kappa shape index (κ3) is 4.11. The molecular formula is C17H18FNO4S. The van der Waals surface area contributed by atoms with Crippen LogP contribution in [0.5, 0.6) is 0 Å². The van der Waals surface area contributed by atoms with Crippen LogP contribution >= 0.6 is 0 Å². The Morgan fingerprint density at radius 3 is 2.12 bits per heavy atom. The van der Waals surface area contributed by atoms with Gasteiger partial charge in [-0.25, -0.2) is 12.8 Å². The van der Waals surface area contributed by atoms with Gasteiger partial charge in [0, 0.05) is 6.54 Å². The summed E-state index contributed by atoms with van der Waals surface area (Å²) in [5.41, 5.74) is 2.11. The standard InChI is InChI=1S/C17H18FNO4S/c1-12-9-13(2)11-15(10-12)19(8-7-17(20)21)24(22,23)16-5-3-14(18)4-6-16/h3-6,9-11H,7-8H2,1-2H3,(H,20,21). The van der Waals surface area contributed by atoms with Crippen molar-refractivity contribution in [3.8, 4) is 0 Å². The molecule has 0 aliphatic rings. The molecule has 0 aromatic heterocycles. The topological polar surface area (TPSA) is 74.7 Å². The highest BCUT2D eigenvalue weighted by atomic mass is 32.2. The van der Waals surface area contributed by atoms with E-state index in [2.05, 4.69) is 0 Å². The van der Waals surface area contributed by atoms with Crippen LogP contribution in [0.25, 0.3) is 0 Å². The van der Waals surface area contributed by atoms with Crippen LogP contribution in [-0.2, 0) is 14.8 Å². The number of hydrogen-bond donors (Lipinski definition) is 1. The van der Waals surface area contributed by atoms with Crippen LogP contribution in [0, 0.1) is 19.7 Å². The first-order valence-electron chi connectivity index (χ1n) is 7.28. The lowest BCUT2D eigenvalue weighted by Gasteiger charge is -2.24. The average molecular weight is 351 g/mol. The van der Waals surface area contributed by atoms with Gasteiger partial charge in [-0.15, -0.1) is 0 Å². The smallest absolute Gasteiger partial charge is 0.305 e. The van der Waals surface area contributed by atoms with E-state index < -0.39 is 21.8 Å². The van der Waals surface area contributed by atoms with Gasteiger partial charge in [0.25, 0.3) is 10.0 Å². The van der Waals surface area contributed by atoms with E-state index in [1.54, 1.807) is 12.1 Å². The molecule has 2 aromatic carbocycles. The zero-order valence-electron chi connectivity index (χ0n) is 13.4. The highest BCUT2D eigenvalue weighted by molar-refractivity contribution is 7.92. The lowest BCUT2D eigenvalue weighted by Crippen LogP contribution is -2.33. The van der Waals surface area contributed by atoms with Crippen molar-refractivity contribution < 1.29 is 22.7 Å². The van der Waals surface area contributed by atoms with Crippen LogP contribution in [0.4, 0.5) is 10.1 Å². The summed E-state index contributed by atoms with van der Waals surface area (Å²) in [5.74, 6) is -1.64. The van der Waals surface area contributed by atoms with E-state index in [9.17, 15) is 17.6 Å². The predicted molar refractivity (Wildman–Crippen MR) is 89.1 cm³/mol. The van der Waals surface area contributed by atoms with E-state index in [0.717, 1.165) is 27.6 Å². The SMILES string of the molecule is Cc1cc(C)cc(N(CCC(=O)O)S(=O)(=O)c2ccc(F)cc2)c1. The molecule has 5 nitrogen and oxygen atoms in total. The van der Waals surface area contributed by atoms with Crippen molar-refractivity contribution >= 4 is 21.7 Å². The number of carboxylic acids is 1. The summed E-state index contributed by atoms with van der Waals surface area (Å²) < 4.78 is 39.9. The molecule has 0 saturated heterocycles. The van der Waals surface area contributed by atoms with Crippen molar-refractivity contribution in [1.82, 2.24) is 0 Å². The van der Waals surface area contributed by atoms with Crippen LogP contribution in [0.2, 0.25) is 0 Å². The summed E-state index contributed by atoms with van der Waals surface area (Å²) in [6, 6.07) is 9.70. The Morgan fingerprint density at radius 2 is 1.62 bits per heavy atom. The number of aliphatic carboxylic acids is 1. The van der Waals surface area contributed by atoms with Crippen LogP contribution in [0.3, 0.4) is 0 Å². The normalized spacial score (nSPS) is 11.3. The summed E-state index contributed by atoms with van der Waals surface area (Å²) >= 11 is 0. The summed E-state index contributed by atoms with van der Waals surface area (Å²) in [7, 11) is -4.00. The third-order valence-corrected chi connectivity index (χ3v) is 5.27. The molecule has 0 saturated carbocycles. The Bertz CT molecular complexity index is 827. The Hall–Kier alpha value is -2.41. The van der Waals surface area contributed by atoms with Crippen molar-refractivity contribution in [2.45, 2.75) is 25.2 Å². The molecule has 2 rings (SSSR count). The quantitative estimate of drug-likeness (QED) is 0.868. The number of anilines is 1. The second-order valence-electron chi connectivity index (χ2n) is 5.52. The van der Waals surface area contributed by atoms with E-state index in [1.165, 1.54) is 12.1 Å². The Morgan fingerprint density at radius 1 is 1.08 bits per heavy atom. The Labute approximate surface area is 140 Å². The van der Waals surface area contributed by atoms with Gasteiger partial charge in [0.05, 0.1) is 17.0 Å². The summed E-state index contributed by atoms with van der Waals surface area (Å²) in [5, 5.41) is 8.92. The van der Waals surface area contributed by atoms with Gasteiger partial charge in [-0.05, 0) is 61.4 Å². The molecule has 0 unspecified atom stereocenters. The highest BCUT2D eigenvalue weighted by Gasteiger charge is 2.26. The minimum absolute atomic E-state index is 0.0894. The van der Waals surface area contributed by atoms with Crippen molar-refractivity contribution in [3.05, 3.63) is 59.4 Å². The molecule has 1 N–H and O–H groups in total. The number of sulfonamides is 1. The van der Waals surface area contributed by atoms with Crippen LogP contribution < -0.4 is 4.31 Å². The molecule has 128 valence electrons. The van der Waals surface area contributed by atoms with E-state index >= 15 is 0 Å². The molecule has 0 bridgehead atoms. The van der Waals surface area contributed by atoms with Gasteiger partial charge in [0.2, 0.25) is 0 Å². The molecule has 24 heavy (non-hydrogen) atoms. The minimum Gasteiger partial charge on any atom is -0.481 e. The second kappa shape index (κ2) is 7.00. The van der Waals surface area contributed by atoms with E-state index in [0.29, 0.717) is 5.69 Å². The van der Waals surface area contributed by atoms with Gasteiger partial charge >= 0.3 is 5.97 Å². The van der Waals surface area contributed by atoms with E-state index in [-0.39, 0.29) is 17.9 Å². The fourth-order valence-electron chi connectivity index (χ4n) is 2.41. The van der Waals surface area contributed by atoms with Gasteiger partial charge in [-0.2, -0.15) is 0 Å². The van der Waals surface area contributed by atoms with E-state index in [1.807, 2.05) is 19.9 Å². The summed E-state index contributed by atoms with van der Waals surface area (Å²) in [6.07, 6.45) is -0.340. The zero-order valence-corrected chi connectivity index (χ0v) is 14.2. The second-order valence-corrected chi connectivity index (χ2v) is 7.38. The minimum atomic E-state index is -4.00. The number of hydrogen-bond acceptors (Lipinski definition) is 3. The zero-order chi connectivity index (χ0) is 17.9. The van der Waals surface area contributed by atoms with Crippen LogP contribution in [0.15, 0.2) is 47.4 Å². The number of benzene rings is 2. The number of nitrogens with zero attached hydrogens (tertiary/aromatic N) is 1. The molecule has 0 radical (unpaired) electrons. The molecule has 2 aromatic rings. The fourth-order valence-corrected chi connectivity index (χ4v) is 3.86. The third-order valence-electron chi connectivity index (χ3n) is 3.42. The maximum atomic E-state index is 13.1. The average Bonchev–Trinajstić information content (AvgIpc) is 2.46.